The topological polar surface area (TPSA) is 12.5 Å². The number of benzene rings is 4. The van der Waals surface area contributed by atoms with Crippen LogP contribution in [0.25, 0.3) is 11.1 Å². The molecule has 0 saturated carbocycles. The van der Waals surface area contributed by atoms with Crippen molar-refractivity contribution in [1.29, 1.82) is 0 Å². The number of hydrogen-bond acceptors (Lipinski definition) is 2. The van der Waals surface area contributed by atoms with Gasteiger partial charge >= 0.3 is 0 Å². The van der Waals surface area contributed by atoms with Crippen LogP contribution >= 0.6 is 0 Å². The van der Waals surface area contributed by atoms with E-state index in [1.807, 2.05) is 6.07 Å². The van der Waals surface area contributed by atoms with Gasteiger partial charge in [0.05, 0.1) is 7.11 Å². The number of methoxy groups -OCH3 is 1. The van der Waals surface area contributed by atoms with Crippen LogP contribution < -0.4 is 9.64 Å². The molecular formula is C30H29NO. The fourth-order valence-corrected chi connectivity index (χ4v) is 5.03. The van der Waals surface area contributed by atoms with Gasteiger partial charge in [-0.15, -0.1) is 0 Å². The summed E-state index contributed by atoms with van der Waals surface area (Å²) in [7, 11) is 1.72. The number of rotatable bonds is 4. The summed E-state index contributed by atoms with van der Waals surface area (Å²) in [5.41, 5.74) is 11.3. The first-order chi connectivity index (χ1) is 15.4. The van der Waals surface area contributed by atoms with Crippen molar-refractivity contribution in [3.05, 3.63) is 107 Å². The zero-order chi connectivity index (χ0) is 22.5. The van der Waals surface area contributed by atoms with E-state index in [9.17, 15) is 0 Å². The second-order valence-electron chi connectivity index (χ2n) is 9.23. The van der Waals surface area contributed by atoms with Crippen LogP contribution in [0.1, 0.15) is 36.1 Å². The molecule has 0 N–H and O–H groups in total. The third-order valence-electron chi connectivity index (χ3n) is 6.73. The lowest BCUT2D eigenvalue weighted by atomic mass is 9.82. The Morgan fingerprint density at radius 1 is 0.688 bits per heavy atom. The van der Waals surface area contributed by atoms with Crippen LogP contribution in [0.2, 0.25) is 0 Å². The van der Waals surface area contributed by atoms with Gasteiger partial charge in [-0.2, -0.15) is 0 Å². The molecule has 1 aliphatic carbocycles. The maximum Gasteiger partial charge on any atom is 0.119 e. The summed E-state index contributed by atoms with van der Waals surface area (Å²) in [4.78, 5) is 2.36. The molecule has 0 heterocycles. The first-order valence-electron chi connectivity index (χ1n) is 11.2. The van der Waals surface area contributed by atoms with E-state index in [4.69, 9.17) is 4.74 Å². The van der Waals surface area contributed by atoms with Gasteiger partial charge in [0.25, 0.3) is 0 Å². The highest BCUT2D eigenvalue weighted by atomic mass is 16.5. The summed E-state index contributed by atoms with van der Waals surface area (Å²) in [5.74, 6) is 0.876. The lowest BCUT2D eigenvalue weighted by Gasteiger charge is -2.29. The van der Waals surface area contributed by atoms with Gasteiger partial charge in [0.1, 0.15) is 5.75 Å². The predicted molar refractivity (Wildman–Crippen MR) is 135 cm³/mol. The minimum absolute atomic E-state index is 0.0326. The van der Waals surface area contributed by atoms with Crippen molar-refractivity contribution < 1.29 is 4.74 Å². The van der Waals surface area contributed by atoms with E-state index < -0.39 is 0 Å². The molecule has 0 spiro atoms. The van der Waals surface area contributed by atoms with Crippen molar-refractivity contribution in [2.24, 2.45) is 0 Å². The van der Waals surface area contributed by atoms with Crippen LogP contribution in [0.4, 0.5) is 17.1 Å². The Bertz CT molecular complexity index is 1320. The molecule has 32 heavy (non-hydrogen) atoms. The Hall–Kier alpha value is -3.52. The molecule has 5 rings (SSSR count). The van der Waals surface area contributed by atoms with E-state index in [-0.39, 0.29) is 5.41 Å². The number of anilines is 3. The van der Waals surface area contributed by atoms with Crippen molar-refractivity contribution in [3.63, 3.8) is 0 Å². The van der Waals surface area contributed by atoms with Crippen molar-refractivity contribution in [2.75, 3.05) is 12.0 Å². The van der Waals surface area contributed by atoms with Gasteiger partial charge < -0.3 is 9.64 Å². The zero-order valence-electron chi connectivity index (χ0n) is 19.4. The molecule has 4 aromatic carbocycles. The Labute approximate surface area is 191 Å². The smallest absolute Gasteiger partial charge is 0.119 e. The van der Waals surface area contributed by atoms with E-state index in [1.54, 1.807) is 7.11 Å². The monoisotopic (exact) mass is 419 g/mol. The second kappa shape index (κ2) is 7.56. The first-order valence-corrected chi connectivity index (χ1v) is 11.2. The number of fused-ring (bicyclic) bond motifs is 3. The Morgan fingerprint density at radius 3 is 2.19 bits per heavy atom. The van der Waals surface area contributed by atoms with Gasteiger partial charge in [-0.3, -0.25) is 0 Å². The minimum Gasteiger partial charge on any atom is -0.497 e. The van der Waals surface area contributed by atoms with Crippen molar-refractivity contribution in [1.82, 2.24) is 0 Å². The lowest BCUT2D eigenvalue weighted by molar-refractivity contribution is 0.414. The highest BCUT2D eigenvalue weighted by Crippen LogP contribution is 2.50. The third-order valence-corrected chi connectivity index (χ3v) is 6.73. The fraction of sp³-hybridized carbons (Fsp3) is 0.200. The molecule has 0 saturated heterocycles. The van der Waals surface area contributed by atoms with E-state index in [1.165, 1.54) is 39.1 Å². The maximum atomic E-state index is 5.47. The number of ether oxygens (including phenoxy) is 1. The molecule has 0 aliphatic heterocycles. The van der Waals surface area contributed by atoms with E-state index in [0.29, 0.717) is 0 Å². The fourth-order valence-electron chi connectivity index (χ4n) is 5.03. The first kappa shape index (κ1) is 20.4. The Kier molecular flexibility index (Phi) is 4.82. The Morgan fingerprint density at radius 2 is 1.44 bits per heavy atom. The predicted octanol–water partition coefficient (Wildman–Crippen LogP) is 8.09. The van der Waals surface area contributed by atoms with Crippen molar-refractivity contribution in [2.45, 2.75) is 33.1 Å². The lowest BCUT2D eigenvalue weighted by Crippen LogP contribution is -2.17. The van der Waals surface area contributed by atoms with E-state index in [0.717, 1.165) is 17.1 Å². The van der Waals surface area contributed by atoms with E-state index in [2.05, 4.69) is 111 Å². The molecule has 0 aromatic heterocycles. The van der Waals surface area contributed by atoms with Gasteiger partial charge in [-0.25, -0.2) is 0 Å². The molecular weight excluding hydrogens is 390 g/mol. The van der Waals surface area contributed by atoms with Crippen LogP contribution in [0.15, 0.2) is 84.9 Å². The summed E-state index contributed by atoms with van der Waals surface area (Å²) in [6.45, 7) is 8.95. The maximum absolute atomic E-state index is 5.47. The number of aryl methyl sites for hydroxylation is 2. The molecule has 4 aromatic rings. The van der Waals surface area contributed by atoms with Crippen LogP contribution in [-0.4, -0.2) is 7.11 Å². The summed E-state index contributed by atoms with van der Waals surface area (Å²) in [5, 5.41) is 0. The van der Waals surface area contributed by atoms with Gasteiger partial charge in [-0.1, -0.05) is 56.3 Å². The van der Waals surface area contributed by atoms with Crippen LogP contribution in [-0.2, 0) is 5.41 Å². The average Bonchev–Trinajstić information content (AvgIpc) is 3.02. The van der Waals surface area contributed by atoms with Crippen molar-refractivity contribution in [3.8, 4) is 16.9 Å². The van der Waals surface area contributed by atoms with Gasteiger partial charge in [0, 0.05) is 22.5 Å². The molecule has 0 radical (unpaired) electrons. The molecule has 2 nitrogen and oxygen atoms in total. The van der Waals surface area contributed by atoms with E-state index >= 15 is 0 Å². The summed E-state index contributed by atoms with van der Waals surface area (Å²) < 4.78 is 5.47. The summed E-state index contributed by atoms with van der Waals surface area (Å²) >= 11 is 0. The largest absolute Gasteiger partial charge is 0.497 e. The standard InChI is InChI=1S/C30H29NO/c1-20-9-8-10-22(17-20)31(29-16-14-24(32-5)18-21(29)2)23-13-15-26-25-11-6-7-12-27(25)30(3,4)28(26)19-23/h6-19H,1-5H3. The van der Waals surface area contributed by atoms with Gasteiger partial charge in [-0.05, 0) is 89.7 Å². The molecule has 2 heteroatoms. The van der Waals surface area contributed by atoms with Crippen molar-refractivity contribution >= 4 is 17.1 Å². The van der Waals surface area contributed by atoms with Gasteiger partial charge in [0.2, 0.25) is 0 Å². The average molecular weight is 420 g/mol. The molecule has 0 bridgehead atoms. The molecule has 0 amide bonds. The summed E-state index contributed by atoms with van der Waals surface area (Å²) in [6, 6.07) is 30.7. The number of hydrogen-bond donors (Lipinski definition) is 0. The summed E-state index contributed by atoms with van der Waals surface area (Å²) in [6.07, 6.45) is 0. The molecule has 1 aliphatic rings. The van der Waals surface area contributed by atoms with Crippen LogP contribution in [0, 0.1) is 13.8 Å². The SMILES string of the molecule is COc1ccc(N(c2cccc(C)c2)c2ccc3c(c2)C(C)(C)c2ccccc2-3)c(C)c1. The Balaban J connectivity index is 1.71. The highest BCUT2D eigenvalue weighted by Gasteiger charge is 2.35. The quantitative estimate of drug-likeness (QED) is 0.331. The number of nitrogens with zero attached hydrogens (tertiary/aromatic N) is 1. The minimum atomic E-state index is -0.0326. The molecule has 0 unspecified atom stereocenters. The second-order valence-corrected chi connectivity index (χ2v) is 9.23. The highest BCUT2D eigenvalue weighted by molar-refractivity contribution is 5.86. The van der Waals surface area contributed by atoms with Gasteiger partial charge in [0.15, 0.2) is 0 Å². The zero-order valence-corrected chi connectivity index (χ0v) is 19.4. The van der Waals surface area contributed by atoms with Crippen LogP contribution in [0.5, 0.6) is 5.75 Å². The normalized spacial score (nSPS) is 13.4. The molecule has 160 valence electrons. The molecule has 0 atom stereocenters. The molecule has 0 fully saturated rings. The third kappa shape index (κ3) is 3.18. The van der Waals surface area contributed by atoms with Crippen LogP contribution in [0.3, 0.4) is 0 Å².